The van der Waals surface area contributed by atoms with Gasteiger partial charge in [0.05, 0.1) is 11.4 Å². The van der Waals surface area contributed by atoms with E-state index in [9.17, 15) is 22.0 Å². The highest BCUT2D eigenvalue weighted by Crippen LogP contribution is 2.40. The maximum absolute atomic E-state index is 14.2. The average molecular weight is 435 g/mol. The van der Waals surface area contributed by atoms with Crippen LogP contribution in [0.15, 0.2) is 53.0 Å². The van der Waals surface area contributed by atoms with Crippen molar-refractivity contribution in [3.05, 3.63) is 65.2 Å². The molecule has 0 spiro atoms. The second kappa shape index (κ2) is 8.72. The number of nitrogens with one attached hydrogen (secondary N) is 1. The molecule has 2 aromatic rings. The molecule has 0 saturated heterocycles. The van der Waals surface area contributed by atoms with Gasteiger partial charge in [-0.15, -0.1) is 0 Å². The number of hydrogen-bond acceptors (Lipinski definition) is 6. The van der Waals surface area contributed by atoms with Gasteiger partial charge in [-0.2, -0.15) is 0 Å². The molecule has 1 atom stereocenters. The minimum atomic E-state index is -3.71. The van der Waals surface area contributed by atoms with Gasteiger partial charge in [0.2, 0.25) is 10.0 Å². The molecule has 2 aromatic carbocycles. The molecule has 0 radical (unpaired) electrons. The van der Waals surface area contributed by atoms with E-state index in [2.05, 4.69) is 9.71 Å². The second-order valence-corrected chi connectivity index (χ2v) is 8.42. The Balaban J connectivity index is 2.11. The van der Waals surface area contributed by atoms with Crippen LogP contribution in [0.1, 0.15) is 18.5 Å². The van der Waals surface area contributed by atoms with E-state index in [4.69, 9.17) is 10.5 Å². The fourth-order valence-electron chi connectivity index (χ4n) is 2.76. The Morgan fingerprint density at radius 2 is 2.00 bits per heavy atom. The van der Waals surface area contributed by atoms with Crippen LogP contribution in [0.2, 0.25) is 0 Å². The standard InChI is InChI=1S/C20H19F2N3O4S/c1-2-30(27,28)25-16-5-3-4-14(19-17(26)8-12(10-23)11-24-19)20(16)29-18-7-6-13(21)9-15(18)22/h3-9,11,19,25H,2,10,23H2,1H3. The van der Waals surface area contributed by atoms with E-state index in [1.165, 1.54) is 37.4 Å². The topological polar surface area (TPSA) is 111 Å². The summed E-state index contributed by atoms with van der Waals surface area (Å²) in [6, 6.07) is 6.10. The number of anilines is 1. The summed E-state index contributed by atoms with van der Waals surface area (Å²) >= 11 is 0. The van der Waals surface area contributed by atoms with E-state index in [0.29, 0.717) is 11.6 Å². The van der Waals surface area contributed by atoms with Crippen molar-refractivity contribution in [2.75, 3.05) is 17.0 Å². The van der Waals surface area contributed by atoms with Crippen molar-refractivity contribution in [2.45, 2.75) is 13.0 Å². The molecule has 3 rings (SSSR count). The molecular formula is C20H19F2N3O4S. The third-order valence-corrected chi connectivity index (χ3v) is 5.60. The number of rotatable bonds is 7. The molecule has 1 unspecified atom stereocenters. The highest BCUT2D eigenvalue weighted by molar-refractivity contribution is 7.92. The molecule has 0 saturated carbocycles. The zero-order chi connectivity index (χ0) is 21.9. The normalized spacial score (nSPS) is 16.3. The molecule has 158 valence electrons. The molecule has 10 heteroatoms. The Morgan fingerprint density at radius 1 is 1.23 bits per heavy atom. The van der Waals surface area contributed by atoms with E-state index in [-0.39, 0.29) is 35.0 Å². The Hall–Kier alpha value is -3.11. The van der Waals surface area contributed by atoms with Crippen LogP contribution in [0.4, 0.5) is 14.5 Å². The molecule has 3 N–H and O–H groups in total. The van der Waals surface area contributed by atoms with Gasteiger partial charge < -0.3 is 10.5 Å². The zero-order valence-corrected chi connectivity index (χ0v) is 16.7. The molecule has 0 bridgehead atoms. The number of carbonyl (C=O) groups excluding carboxylic acids is 1. The summed E-state index contributed by atoms with van der Waals surface area (Å²) in [7, 11) is -3.71. The summed E-state index contributed by atoms with van der Waals surface area (Å²) < 4.78 is 59.7. The number of benzene rings is 2. The third-order valence-electron chi connectivity index (χ3n) is 4.31. The summed E-state index contributed by atoms with van der Waals surface area (Å²) in [5, 5.41) is 0. The van der Waals surface area contributed by atoms with Gasteiger partial charge in [0.25, 0.3) is 0 Å². The van der Waals surface area contributed by atoms with Crippen molar-refractivity contribution in [3.8, 4) is 11.5 Å². The van der Waals surface area contributed by atoms with Crippen LogP contribution in [-0.4, -0.2) is 32.7 Å². The number of para-hydroxylation sites is 1. The number of ketones is 1. The number of sulfonamides is 1. The Labute approximate surface area is 172 Å². The van der Waals surface area contributed by atoms with Gasteiger partial charge >= 0.3 is 0 Å². The van der Waals surface area contributed by atoms with Crippen LogP contribution >= 0.6 is 0 Å². The van der Waals surface area contributed by atoms with Crippen LogP contribution in [0, 0.1) is 11.6 Å². The minimum absolute atomic E-state index is 0.00493. The monoisotopic (exact) mass is 435 g/mol. The number of halogens is 2. The second-order valence-electron chi connectivity index (χ2n) is 6.41. The molecule has 1 heterocycles. The maximum Gasteiger partial charge on any atom is 0.232 e. The smallest absolute Gasteiger partial charge is 0.232 e. The van der Waals surface area contributed by atoms with Gasteiger partial charge in [-0.05, 0) is 36.8 Å². The molecular weight excluding hydrogens is 416 g/mol. The number of nitrogens with zero attached hydrogens (tertiary/aromatic N) is 1. The first-order chi connectivity index (χ1) is 14.2. The lowest BCUT2D eigenvalue weighted by atomic mass is 9.97. The summed E-state index contributed by atoms with van der Waals surface area (Å²) in [5.74, 6) is -2.85. The molecule has 7 nitrogen and oxygen atoms in total. The van der Waals surface area contributed by atoms with Crippen molar-refractivity contribution < 1.29 is 26.7 Å². The first-order valence-electron chi connectivity index (χ1n) is 8.98. The van der Waals surface area contributed by atoms with Crippen molar-refractivity contribution in [1.82, 2.24) is 0 Å². The molecule has 0 amide bonds. The summed E-state index contributed by atoms with van der Waals surface area (Å²) in [5.41, 5.74) is 6.27. The summed E-state index contributed by atoms with van der Waals surface area (Å²) in [6.07, 6.45) is 2.78. The van der Waals surface area contributed by atoms with Crippen molar-refractivity contribution in [1.29, 1.82) is 0 Å². The number of dihydropyridines is 1. The summed E-state index contributed by atoms with van der Waals surface area (Å²) in [4.78, 5) is 16.8. The van der Waals surface area contributed by atoms with Gasteiger partial charge in [0.15, 0.2) is 23.1 Å². The van der Waals surface area contributed by atoms with Gasteiger partial charge in [0, 0.05) is 24.4 Å². The lowest BCUT2D eigenvalue weighted by molar-refractivity contribution is -0.115. The predicted octanol–water partition coefficient (Wildman–Crippen LogP) is 3.10. The van der Waals surface area contributed by atoms with E-state index in [1.54, 1.807) is 0 Å². The van der Waals surface area contributed by atoms with Crippen molar-refractivity contribution in [3.63, 3.8) is 0 Å². The number of ether oxygens (including phenoxy) is 1. The number of hydrogen-bond donors (Lipinski definition) is 2. The van der Waals surface area contributed by atoms with Crippen LogP contribution in [0.5, 0.6) is 11.5 Å². The molecule has 0 fully saturated rings. The highest BCUT2D eigenvalue weighted by Gasteiger charge is 2.27. The third kappa shape index (κ3) is 4.71. The van der Waals surface area contributed by atoms with Gasteiger partial charge in [-0.3, -0.25) is 14.5 Å². The van der Waals surface area contributed by atoms with E-state index >= 15 is 0 Å². The summed E-state index contributed by atoms with van der Waals surface area (Å²) in [6.45, 7) is 1.57. The van der Waals surface area contributed by atoms with Crippen LogP contribution < -0.4 is 15.2 Å². The quantitative estimate of drug-likeness (QED) is 0.694. The van der Waals surface area contributed by atoms with Crippen LogP contribution in [-0.2, 0) is 14.8 Å². The van der Waals surface area contributed by atoms with Crippen molar-refractivity contribution in [2.24, 2.45) is 10.7 Å². The predicted molar refractivity (Wildman–Crippen MR) is 109 cm³/mol. The van der Waals surface area contributed by atoms with Crippen molar-refractivity contribution >= 4 is 27.7 Å². The first kappa shape index (κ1) is 21.6. The van der Waals surface area contributed by atoms with Crippen LogP contribution in [0.3, 0.4) is 0 Å². The Morgan fingerprint density at radius 3 is 2.63 bits per heavy atom. The fraction of sp³-hybridized carbons (Fsp3) is 0.200. The maximum atomic E-state index is 14.2. The Bertz CT molecular complexity index is 1150. The first-order valence-corrected chi connectivity index (χ1v) is 10.6. The van der Waals surface area contributed by atoms with Gasteiger partial charge in [0.1, 0.15) is 11.9 Å². The van der Waals surface area contributed by atoms with E-state index < -0.39 is 33.5 Å². The lowest BCUT2D eigenvalue weighted by Crippen LogP contribution is -2.19. The van der Waals surface area contributed by atoms with Crippen LogP contribution in [0.25, 0.3) is 0 Å². The lowest BCUT2D eigenvalue weighted by Gasteiger charge is -2.21. The zero-order valence-electron chi connectivity index (χ0n) is 15.9. The molecule has 1 aliphatic rings. The molecule has 30 heavy (non-hydrogen) atoms. The number of carbonyl (C=O) groups is 1. The number of aliphatic imine (C=N–C) groups is 1. The fourth-order valence-corrected chi connectivity index (χ4v) is 3.40. The van der Waals surface area contributed by atoms with E-state index in [1.807, 2.05) is 0 Å². The van der Waals surface area contributed by atoms with Gasteiger partial charge in [-0.1, -0.05) is 12.1 Å². The molecule has 1 aliphatic heterocycles. The minimum Gasteiger partial charge on any atom is -0.452 e. The average Bonchev–Trinajstić information content (AvgIpc) is 2.71. The number of nitrogens with two attached hydrogens (primary N) is 1. The Kier molecular flexibility index (Phi) is 6.28. The highest BCUT2D eigenvalue weighted by atomic mass is 32.2. The largest absolute Gasteiger partial charge is 0.452 e. The van der Waals surface area contributed by atoms with E-state index in [0.717, 1.165) is 12.1 Å². The molecule has 0 aliphatic carbocycles. The SMILES string of the molecule is CCS(=O)(=O)Nc1cccc(C2N=CC(CN)=CC2=O)c1Oc1ccc(F)cc1F. The van der Waals surface area contributed by atoms with Gasteiger partial charge in [-0.25, -0.2) is 17.2 Å². The molecule has 0 aromatic heterocycles.